The van der Waals surface area contributed by atoms with Crippen molar-refractivity contribution in [2.45, 2.75) is 50.7 Å². The highest BCUT2D eigenvalue weighted by Crippen LogP contribution is 2.29. The Balaban J connectivity index is 1.61. The van der Waals surface area contributed by atoms with Crippen LogP contribution < -0.4 is 10.1 Å². The molecule has 0 unspecified atom stereocenters. The number of halogens is 1. The van der Waals surface area contributed by atoms with E-state index in [1.54, 1.807) is 24.3 Å². The molecule has 0 radical (unpaired) electrons. The molecule has 1 aliphatic carbocycles. The zero-order valence-electron chi connectivity index (χ0n) is 14.7. The average molecular weight is 363 g/mol. The van der Waals surface area contributed by atoms with Crippen LogP contribution in [-0.2, 0) is 0 Å². The molecule has 2 aliphatic rings. The number of likely N-dealkylation sites (tertiary alicyclic amines) is 1. The molecule has 136 valence electrons. The van der Waals surface area contributed by atoms with Gasteiger partial charge in [0.1, 0.15) is 11.9 Å². The van der Waals surface area contributed by atoms with Crippen molar-refractivity contribution in [1.29, 1.82) is 0 Å². The number of hydrogen-bond acceptors (Lipinski definition) is 3. The second-order valence-corrected chi connectivity index (χ2v) is 7.37. The molecule has 5 heteroatoms. The number of carbonyl (C=O) groups is 1. The van der Waals surface area contributed by atoms with E-state index in [2.05, 4.69) is 16.8 Å². The van der Waals surface area contributed by atoms with Gasteiger partial charge in [0.2, 0.25) is 0 Å². The number of piperidine rings is 1. The quantitative estimate of drug-likeness (QED) is 0.776. The maximum absolute atomic E-state index is 12.3. The highest BCUT2D eigenvalue weighted by Gasteiger charge is 2.28. The predicted octanol–water partition coefficient (Wildman–Crippen LogP) is 4.04. The molecule has 1 N–H and O–H groups in total. The van der Waals surface area contributed by atoms with E-state index >= 15 is 0 Å². The lowest BCUT2D eigenvalue weighted by Crippen LogP contribution is -2.43. The van der Waals surface area contributed by atoms with Gasteiger partial charge in [-0.25, -0.2) is 0 Å². The van der Waals surface area contributed by atoms with Gasteiger partial charge in [-0.3, -0.25) is 4.79 Å². The second kappa shape index (κ2) is 8.72. The first-order valence-electron chi connectivity index (χ1n) is 9.26. The number of benzene rings is 1. The number of hydrogen-bond donors (Lipinski definition) is 1. The van der Waals surface area contributed by atoms with Crippen molar-refractivity contribution in [2.24, 2.45) is 0 Å². The standard InChI is InChI=1S/C20H27ClN2O2/c1-2-11-22-20(24)18-14-15(21)7-8-19(18)25-17-9-12-23(13-10-17)16-5-3-4-6-16/h2,7-8,14,16-17H,1,3-6,9-13H2,(H,22,24). The van der Waals surface area contributed by atoms with Crippen LogP contribution in [0.25, 0.3) is 0 Å². The minimum atomic E-state index is -0.180. The molecule has 0 atom stereocenters. The summed E-state index contributed by atoms with van der Waals surface area (Å²) in [5, 5.41) is 3.33. The number of carbonyl (C=O) groups excluding carboxylic acids is 1. The number of rotatable bonds is 6. The van der Waals surface area contributed by atoms with Gasteiger partial charge in [-0.2, -0.15) is 0 Å². The van der Waals surface area contributed by atoms with Crippen molar-refractivity contribution in [2.75, 3.05) is 19.6 Å². The third-order valence-electron chi connectivity index (χ3n) is 5.20. The van der Waals surface area contributed by atoms with E-state index in [1.807, 2.05) is 0 Å². The van der Waals surface area contributed by atoms with Crippen molar-refractivity contribution < 1.29 is 9.53 Å². The molecule has 2 fully saturated rings. The zero-order valence-corrected chi connectivity index (χ0v) is 15.4. The zero-order chi connectivity index (χ0) is 17.6. The highest BCUT2D eigenvalue weighted by molar-refractivity contribution is 6.31. The van der Waals surface area contributed by atoms with E-state index in [-0.39, 0.29) is 12.0 Å². The van der Waals surface area contributed by atoms with Crippen LogP contribution in [0.4, 0.5) is 0 Å². The Morgan fingerprint density at radius 1 is 1.28 bits per heavy atom. The molecule has 1 saturated carbocycles. The summed E-state index contributed by atoms with van der Waals surface area (Å²) in [5.41, 5.74) is 0.493. The molecule has 1 amide bonds. The third kappa shape index (κ3) is 4.77. The van der Waals surface area contributed by atoms with Crippen LogP contribution in [0.5, 0.6) is 5.75 Å². The molecule has 1 aliphatic heterocycles. The molecule has 1 aromatic carbocycles. The fourth-order valence-corrected chi connectivity index (χ4v) is 4.02. The molecule has 3 rings (SSSR count). The summed E-state index contributed by atoms with van der Waals surface area (Å²) in [7, 11) is 0. The van der Waals surface area contributed by atoms with Crippen molar-refractivity contribution in [1.82, 2.24) is 10.2 Å². The molecule has 4 nitrogen and oxygen atoms in total. The van der Waals surface area contributed by atoms with Crippen LogP contribution in [0, 0.1) is 0 Å². The number of nitrogens with zero attached hydrogens (tertiary/aromatic N) is 1. The van der Waals surface area contributed by atoms with Crippen LogP contribution in [0.1, 0.15) is 48.9 Å². The Bertz CT molecular complexity index is 606. The van der Waals surface area contributed by atoms with Crippen LogP contribution in [0.15, 0.2) is 30.9 Å². The molecular formula is C20H27ClN2O2. The molecule has 25 heavy (non-hydrogen) atoms. The molecule has 0 bridgehead atoms. The Morgan fingerprint density at radius 3 is 2.68 bits per heavy atom. The third-order valence-corrected chi connectivity index (χ3v) is 5.44. The first-order chi connectivity index (χ1) is 12.2. The molecule has 1 aromatic rings. The van der Waals surface area contributed by atoms with E-state index < -0.39 is 0 Å². The van der Waals surface area contributed by atoms with Crippen LogP contribution >= 0.6 is 11.6 Å². The largest absolute Gasteiger partial charge is 0.489 e. The summed E-state index contributed by atoms with van der Waals surface area (Å²) in [5.74, 6) is 0.436. The lowest BCUT2D eigenvalue weighted by Gasteiger charge is -2.36. The van der Waals surface area contributed by atoms with Gasteiger partial charge in [0.15, 0.2) is 0 Å². The Kier molecular flexibility index (Phi) is 6.38. The number of amides is 1. The Morgan fingerprint density at radius 2 is 2.00 bits per heavy atom. The molecule has 1 heterocycles. The summed E-state index contributed by atoms with van der Waals surface area (Å²) in [6.07, 6.45) is 9.25. The lowest BCUT2D eigenvalue weighted by molar-refractivity contribution is 0.0751. The topological polar surface area (TPSA) is 41.6 Å². The SMILES string of the molecule is C=CCNC(=O)c1cc(Cl)ccc1OC1CCN(C2CCCC2)CC1. The predicted molar refractivity (Wildman–Crippen MR) is 101 cm³/mol. The Labute approximate surface area is 155 Å². The van der Waals surface area contributed by atoms with E-state index in [4.69, 9.17) is 16.3 Å². The normalized spacial score (nSPS) is 19.7. The van der Waals surface area contributed by atoms with E-state index in [0.717, 1.165) is 32.0 Å². The minimum absolute atomic E-state index is 0.157. The van der Waals surface area contributed by atoms with Gasteiger partial charge < -0.3 is 15.0 Å². The highest BCUT2D eigenvalue weighted by atomic mass is 35.5. The van der Waals surface area contributed by atoms with Gasteiger partial charge in [0.25, 0.3) is 5.91 Å². The average Bonchev–Trinajstić information content (AvgIpc) is 3.16. The van der Waals surface area contributed by atoms with Gasteiger partial charge in [0.05, 0.1) is 5.56 Å². The van der Waals surface area contributed by atoms with E-state index in [0.29, 0.717) is 22.9 Å². The molecule has 1 saturated heterocycles. The summed E-state index contributed by atoms with van der Waals surface area (Å²) in [6.45, 7) is 6.21. The summed E-state index contributed by atoms with van der Waals surface area (Å²) >= 11 is 6.07. The van der Waals surface area contributed by atoms with Crippen molar-refractivity contribution >= 4 is 17.5 Å². The van der Waals surface area contributed by atoms with E-state index in [1.165, 1.54) is 25.7 Å². The van der Waals surface area contributed by atoms with Gasteiger partial charge in [0, 0.05) is 30.7 Å². The van der Waals surface area contributed by atoms with Gasteiger partial charge >= 0.3 is 0 Å². The first-order valence-corrected chi connectivity index (χ1v) is 9.64. The lowest BCUT2D eigenvalue weighted by atomic mass is 10.0. The fourth-order valence-electron chi connectivity index (χ4n) is 3.85. The van der Waals surface area contributed by atoms with Crippen LogP contribution in [-0.4, -0.2) is 42.6 Å². The summed E-state index contributed by atoms with van der Waals surface area (Å²) < 4.78 is 6.18. The monoisotopic (exact) mass is 362 g/mol. The molecule has 0 aromatic heterocycles. The van der Waals surface area contributed by atoms with Gasteiger partial charge in [-0.15, -0.1) is 6.58 Å². The first kappa shape index (κ1) is 18.3. The van der Waals surface area contributed by atoms with Gasteiger partial charge in [-0.1, -0.05) is 30.5 Å². The molecular weight excluding hydrogens is 336 g/mol. The maximum Gasteiger partial charge on any atom is 0.255 e. The Hall–Kier alpha value is -1.52. The second-order valence-electron chi connectivity index (χ2n) is 6.93. The minimum Gasteiger partial charge on any atom is -0.489 e. The van der Waals surface area contributed by atoms with Crippen molar-refractivity contribution in [3.63, 3.8) is 0 Å². The van der Waals surface area contributed by atoms with Gasteiger partial charge in [-0.05, 0) is 43.9 Å². The smallest absolute Gasteiger partial charge is 0.255 e. The van der Waals surface area contributed by atoms with Crippen molar-refractivity contribution in [3.8, 4) is 5.75 Å². The fraction of sp³-hybridized carbons (Fsp3) is 0.550. The van der Waals surface area contributed by atoms with Crippen molar-refractivity contribution in [3.05, 3.63) is 41.4 Å². The summed E-state index contributed by atoms with van der Waals surface area (Å²) in [4.78, 5) is 15.0. The summed E-state index contributed by atoms with van der Waals surface area (Å²) in [6, 6.07) is 6.02. The number of nitrogens with one attached hydrogen (secondary N) is 1. The number of ether oxygens (including phenoxy) is 1. The molecule has 0 spiro atoms. The maximum atomic E-state index is 12.3. The van der Waals surface area contributed by atoms with Crippen LogP contribution in [0.3, 0.4) is 0 Å². The van der Waals surface area contributed by atoms with Crippen LogP contribution in [0.2, 0.25) is 5.02 Å². The van der Waals surface area contributed by atoms with E-state index in [9.17, 15) is 4.79 Å².